The third-order valence-electron chi connectivity index (χ3n) is 3.34. The average molecular weight is 254 g/mol. The van der Waals surface area contributed by atoms with Crippen LogP contribution in [0.4, 0.5) is 0 Å². The van der Waals surface area contributed by atoms with Crippen molar-refractivity contribution in [3.63, 3.8) is 0 Å². The van der Waals surface area contributed by atoms with Crippen LogP contribution in [-0.4, -0.2) is 40.1 Å². The molecule has 1 aromatic rings. The Kier molecular flexibility index (Phi) is 3.79. The highest BCUT2D eigenvalue weighted by molar-refractivity contribution is 7.13. The summed E-state index contributed by atoms with van der Waals surface area (Å²) >= 11 is 1.41. The lowest BCUT2D eigenvalue weighted by Crippen LogP contribution is -2.46. The summed E-state index contributed by atoms with van der Waals surface area (Å²) in [6.45, 7) is 1.89. The van der Waals surface area contributed by atoms with Crippen LogP contribution in [0, 0.1) is 6.92 Å². The van der Waals surface area contributed by atoms with Crippen LogP contribution in [-0.2, 0) is 0 Å². The number of likely N-dealkylation sites (N-methyl/N-ethyl adjacent to an activating group) is 1. The molecular formula is C12H18N2O2S. The molecule has 0 radical (unpaired) electrons. The van der Waals surface area contributed by atoms with Crippen molar-refractivity contribution in [2.45, 2.75) is 44.8 Å². The summed E-state index contributed by atoms with van der Waals surface area (Å²) < 4.78 is 0. The summed E-state index contributed by atoms with van der Waals surface area (Å²) in [4.78, 5) is 18.6. The van der Waals surface area contributed by atoms with Gasteiger partial charge in [0.1, 0.15) is 4.88 Å². The summed E-state index contributed by atoms with van der Waals surface area (Å²) in [7, 11) is 1.77. The SMILES string of the molecule is Cc1ncc(C(=O)N(C)C2CCCCC2O)s1. The Morgan fingerprint density at radius 2 is 2.24 bits per heavy atom. The Bertz CT molecular complexity index is 405. The van der Waals surface area contributed by atoms with E-state index in [-0.39, 0.29) is 18.1 Å². The molecule has 1 fully saturated rings. The molecule has 2 unspecified atom stereocenters. The van der Waals surface area contributed by atoms with Gasteiger partial charge in [-0.25, -0.2) is 4.98 Å². The lowest BCUT2D eigenvalue weighted by molar-refractivity contribution is 0.0271. The smallest absolute Gasteiger partial charge is 0.265 e. The van der Waals surface area contributed by atoms with E-state index >= 15 is 0 Å². The molecule has 1 aliphatic carbocycles. The number of thiazole rings is 1. The number of hydrogen-bond donors (Lipinski definition) is 1. The van der Waals surface area contributed by atoms with Gasteiger partial charge in [0.15, 0.2) is 0 Å². The zero-order chi connectivity index (χ0) is 12.4. The number of rotatable bonds is 2. The van der Waals surface area contributed by atoms with Crippen LogP contribution in [0.2, 0.25) is 0 Å². The molecule has 1 N–H and O–H groups in total. The molecule has 1 aromatic heterocycles. The molecule has 0 aromatic carbocycles. The molecule has 0 saturated heterocycles. The molecule has 5 heteroatoms. The molecule has 1 heterocycles. The second-order valence-electron chi connectivity index (χ2n) is 4.58. The first-order chi connectivity index (χ1) is 8.09. The summed E-state index contributed by atoms with van der Waals surface area (Å²) in [5.41, 5.74) is 0. The van der Waals surface area contributed by atoms with Gasteiger partial charge in [-0.15, -0.1) is 11.3 Å². The normalized spacial score (nSPS) is 24.6. The summed E-state index contributed by atoms with van der Waals surface area (Å²) in [6, 6.07) is -0.0429. The molecule has 1 aliphatic rings. The summed E-state index contributed by atoms with van der Waals surface area (Å²) in [5, 5.41) is 10.8. The van der Waals surface area contributed by atoms with Crippen molar-refractivity contribution in [2.24, 2.45) is 0 Å². The Balaban J connectivity index is 2.08. The molecular weight excluding hydrogens is 236 g/mol. The first-order valence-corrected chi connectivity index (χ1v) is 6.79. The number of nitrogens with zero attached hydrogens (tertiary/aromatic N) is 2. The second kappa shape index (κ2) is 5.14. The minimum absolute atomic E-state index is 0.0263. The zero-order valence-electron chi connectivity index (χ0n) is 10.2. The molecule has 2 atom stereocenters. The third kappa shape index (κ3) is 2.66. The van der Waals surface area contributed by atoms with E-state index in [9.17, 15) is 9.90 Å². The minimum Gasteiger partial charge on any atom is -0.391 e. The van der Waals surface area contributed by atoms with E-state index in [1.807, 2.05) is 6.92 Å². The molecule has 2 rings (SSSR count). The highest BCUT2D eigenvalue weighted by Crippen LogP contribution is 2.24. The van der Waals surface area contributed by atoms with Crippen molar-refractivity contribution in [3.05, 3.63) is 16.1 Å². The van der Waals surface area contributed by atoms with Crippen LogP contribution in [0.3, 0.4) is 0 Å². The molecule has 1 amide bonds. The van der Waals surface area contributed by atoms with E-state index in [2.05, 4.69) is 4.98 Å². The van der Waals surface area contributed by atoms with E-state index in [0.29, 0.717) is 4.88 Å². The van der Waals surface area contributed by atoms with Gasteiger partial charge in [0.2, 0.25) is 0 Å². The van der Waals surface area contributed by atoms with Gasteiger partial charge in [-0.1, -0.05) is 12.8 Å². The highest BCUT2D eigenvalue weighted by Gasteiger charge is 2.30. The van der Waals surface area contributed by atoms with Gasteiger partial charge in [-0.2, -0.15) is 0 Å². The van der Waals surface area contributed by atoms with Gasteiger partial charge >= 0.3 is 0 Å². The average Bonchev–Trinajstić information content (AvgIpc) is 2.75. The predicted octanol–water partition coefficient (Wildman–Crippen LogP) is 1.83. The maximum Gasteiger partial charge on any atom is 0.265 e. The first-order valence-electron chi connectivity index (χ1n) is 5.97. The maximum absolute atomic E-state index is 12.2. The van der Waals surface area contributed by atoms with Crippen LogP contribution >= 0.6 is 11.3 Å². The van der Waals surface area contributed by atoms with Crippen molar-refractivity contribution < 1.29 is 9.90 Å². The fourth-order valence-corrected chi connectivity index (χ4v) is 3.09. The number of aryl methyl sites for hydroxylation is 1. The quantitative estimate of drug-likeness (QED) is 0.876. The maximum atomic E-state index is 12.2. The van der Waals surface area contributed by atoms with Crippen LogP contribution in [0.5, 0.6) is 0 Å². The summed E-state index contributed by atoms with van der Waals surface area (Å²) in [6.07, 6.45) is 5.06. The summed E-state index contributed by atoms with van der Waals surface area (Å²) in [5.74, 6) is -0.0263. The third-order valence-corrected chi connectivity index (χ3v) is 4.24. The molecule has 4 nitrogen and oxygen atoms in total. The van der Waals surface area contributed by atoms with Gasteiger partial charge < -0.3 is 10.0 Å². The Morgan fingerprint density at radius 3 is 2.82 bits per heavy atom. The monoisotopic (exact) mass is 254 g/mol. The second-order valence-corrected chi connectivity index (χ2v) is 5.81. The van der Waals surface area contributed by atoms with Gasteiger partial charge in [0.25, 0.3) is 5.91 Å². The minimum atomic E-state index is -0.383. The Hall–Kier alpha value is -0.940. The van der Waals surface area contributed by atoms with Gasteiger partial charge in [0, 0.05) is 7.05 Å². The van der Waals surface area contributed by atoms with E-state index in [1.165, 1.54) is 11.3 Å². The van der Waals surface area contributed by atoms with Gasteiger partial charge in [-0.05, 0) is 19.8 Å². The Labute approximate surface area is 105 Å². The molecule has 1 saturated carbocycles. The lowest BCUT2D eigenvalue weighted by Gasteiger charge is -2.34. The predicted molar refractivity (Wildman–Crippen MR) is 67.2 cm³/mol. The largest absolute Gasteiger partial charge is 0.391 e. The van der Waals surface area contributed by atoms with Crippen molar-refractivity contribution in [1.82, 2.24) is 9.88 Å². The van der Waals surface area contributed by atoms with E-state index in [4.69, 9.17) is 0 Å². The van der Waals surface area contributed by atoms with Crippen molar-refractivity contribution in [2.75, 3.05) is 7.05 Å². The van der Waals surface area contributed by atoms with Crippen LogP contribution in [0.15, 0.2) is 6.20 Å². The topological polar surface area (TPSA) is 53.4 Å². The van der Waals surface area contributed by atoms with Gasteiger partial charge in [-0.3, -0.25) is 4.79 Å². The lowest BCUT2D eigenvalue weighted by atomic mass is 9.91. The number of aliphatic hydroxyl groups excluding tert-OH is 1. The number of amides is 1. The standard InChI is InChI=1S/C12H18N2O2S/c1-8-13-7-11(17-8)12(16)14(2)9-5-3-4-6-10(9)15/h7,9-10,15H,3-6H2,1-2H3. The van der Waals surface area contributed by atoms with Gasteiger partial charge in [0.05, 0.1) is 23.4 Å². The van der Waals surface area contributed by atoms with E-state index < -0.39 is 0 Å². The number of carbonyl (C=O) groups excluding carboxylic acids is 1. The van der Waals surface area contributed by atoms with Crippen molar-refractivity contribution in [1.29, 1.82) is 0 Å². The molecule has 0 bridgehead atoms. The van der Waals surface area contributed by atoms with Crippen LogP contribution < -0.4 is 0 Å². The number of carbonyl (C=O) groups is 1. The van der Waals surface area contributed by atoms with Crippen molar-refractivity contribution in [3.8, 4) is 0 Å². The van der Waals surface area contributed by atoms with Crippen LogP contribution in [0.25, 0.3) is 0 Å². The van der Waals surface area contributed by atoms with Crippen LogP contribution in [0.1, 0.15) is 40.4 Å². The first kappa shape index (κ1) is 12.5. The Morgan fingerprint density at radius 1 is 1.53 bits per heavy atom. The fraction of sp³-hybridized carbons (Fsp3) is 0.667. The van der Waals surface area contributed by atoms with E-state index in [1.54, 1.807) is 18.1 Å². The number of hydrogen-bond acceptors (Lipinski definition) is 4. The molecule has 17 heavy (non-hydrogen) atoms. The molecule has 0 spiro atoms. The van der Waals surface area contributed by atoms with Crippen molar-refractivity contribution >= 4 is 17.2 Å². The molecule has 0 aliphatic heterocycles. The fourth-order valence-electron chi connectivity index (χ4n) is 2.33. The zero-order valence-corrected chi connectivity index (χ0v) is 11.0. The number of aliphatic hydroxyl groups is 1. The van der Waals surface area contributed by atoms with E-state index in [0.717, 1.165) is 30.7 Å². The highest BCUT2D eigenvalue weighted by atomic mass is 32.1. The number of aromatic nitrogens is 1. The molecule has 94 valence electrons.